The van der Waals surface area contributed by atoms with Crippen molar-refractivity contribution in [3.05, 3.63) is 94.0 Å². The average molecular weight is 353 g/mol. The number of phenolic OH excluding ortho intramolecular Hbond substituents is 2. The van der Waals surface area contributed by atoms with Crippen LogP contribution in [0.4, 0.5) is 0 Å². The Morgan fingerprint density at radius 1 is 0.680 bits per heavy atom. The van der Waals surface area contributed by atoms with Crippen molar-refractivity contribution in [3.8, 4) is 11.5 Å². The molecule has 0 spiro atoms. The molecule has 3 aromatic rings. The van der Waals surface area contributed by atoms with Gasteiger partial charge in [0.2, 0.25) is 0 Å². The third kappa shape index (κ3) is 3.39. The molecule has 0 amide bonds. The van der Waals surface area contributed by atoms with E-state index in [1.165, 1.54) is 36.4 Å². The minimum atomic E-state index is -0.498. The van der Waals surface area contributed by atoms with Crippen molar-refractivity contribution in [1.82, 2.24) is 0 Å². The molecule has 0 unspecified atom stereocenters. The first kappa shape index (κ1) is 16.7. The van der Waals surface area contributed by atoms with Crippen molar-refractivity contribution >= 4 is 23.2 Å². The Labute approximate surface area is 148 Å². The highest BCUT2D eigenvalue weighted by Gasteiger charge is 2.19. The molecule has 3 aromatic carbocycles. The first-order valence-electron chi connectivity index (χ1n) is 7.43. The number of carbonyl (C=O) groups is 2. The highest BCUT2D eigenvalue weighted by Crippen LogP contribution is 2.27. The van der Waals surface area contributed by atoms with Gasteiger partial charge >= 0.3 is 0 Å². The van der Waals surface area contributed by atoms with Gasteiger partial charge in [0.1, 0.15) is 11.5 Å². The fourth-order valence-electron chi connectivity index (χ4n) is 2.45. The lowest BCUT2D eigenvalue weighted by Gasteiger charge is -2.08. The summed E-state index contributed by atoms with van der Waals surface area (Å²) in [5.74, 6) is -1.33. The van der Waals surface area contributed by atoms with Gasteiger partial charge in [-0.1, -0.05) is 41.9 Å². The van der Waals surface area contributed by atoms with Gasteiger partial charge in [0, 0.05) is 16.1 Å². The second-order valence-electron chi connectivity index (χ2n) is 5.42. The molecule has 0 aromatic heterocycles. The van der Waals surface area contributed by atoms with Crippen LogP contribution in [-0.4, -0.2) is 21.8 Å². The van der Waals surface area contributed by atoms with E-state index in [0.29, 0.717) is 10.6 Å². The van der Waals surface area contributed by atoms with Gasteiger partial charge in [0.25, 0.3) is 0 Å². The Balaban J connectivity index is 2.03. The molecule has 25 heavy (non-hydrogen) atoms. The standard InChI is InChI=1S/C20H13ClO4/c21-14-7-9-18(23)16(11-14)20(25)13-6-8-17(22)15(10-13)19(24)12-4-2-1-3-5-12/h1-11,22-23H. The van der Waals surface area contributed by atoms with E-state index in [1.807, 2.05) is 0 Å². The van der Waals surface area contributed by atoms with Crippen molar-refractivity contribution in [3.63, 3.8) is 0 Å². The first-order chi connectivity index (χ1) is 12.0. The lowest BCUT2D eigenvalue weighted by molar-refractivity contribution is 0.103. The van der Waals surface area contributed by atoms with E-state index in [9.17, 15) is 19.8 Å². The van der Waals surface area contributed by atoms with Crippen molar-refractivity contribution in [2.75, 3.05) is 0 Å². The molecule has 0 bridgehead atoms. The summed E-state index contributed by atoms with van der Waals surface area (Å²) in [6, 6.07) is 16.6. The molecule has 0 atom stereocenters. The van der Waals surface area contributed by atoms with E-state index in [-0.39, 0.29) is 28.2 Å². The molecular formula is C20H13ClO4. The van der Waals surface area contributed by atoms with Crippen LogP contribution in [-0.2, 0) is 0 Å². The van der Waals surface area contributed by atoms with E-state index < -0.39 is 11.6 Å². The summed E-state index contributed by atoms with van der Waals surface area (Å²) in [7, 11) is 0. The number of aromatic hydroxyl groups is 2. The Kier molecular flexibility index (Phi) is 4.55. The summed E-state index contributed by atoms with van der Waals surface area (Å²) in [6.45, 7) is 0. The third-order valence-corrected chi connectivity index (χ3v) is 3.98. The summed E-state index contributed by atoms with van der Waals surface area (Å²) in [6.07, 6.45) is 0. The van der Waals surface area contributed by atoms with E-state index in [4.69, 9.17) is 11.6 Å². The zero-order valence-corrected chi connectivity index (χ0v) is 13.7. The van der Waals surface area contributed by atoms with Gasteiger partial charge in [0.15, 0.2) is 11.6 Å². The van der Waals surface area contributed by atoms with Gasteiger partial charge < -0.3 is 10.2 Å². The van der Waals surface area contributed by atoms with Gasteiger partial charge in [-0.2, -0.15) is 0 Å². The number of ketones is 2. The summed E-state index contributed by atoms with van der Waals surface area (Å²) >= 11 is 5.88. The second-order valence-corrected chi connectivity index (χ2v) is 5.85. The first-order valence-corrected chi connectivity index (χ1v) is 7.81. The van der Waals surface area contributed by atoms with E-state index >= 15 is 0 Å². The molecule has 0 radical (unpaired) electrons. The third-order valence-electron chi connectivity index (χ3n) is 3.74. The summed E-state index contributed by atoms with van der Waals surface area (Å²) in [5, 5.41) is 20.2. The quantitative estimate of drug-likeness (QED) is 0.690. The van der Waals surface area contributed by atoms with Crippen LogP contribution in [0.25, 0.3) is 0 Å². The lowest BCUT2D eigenvalue weighted by Crippen LogP contribution is -2.06. The Bertz CT molecular complexity index is 965. The fraction of sp³-hybridized carbons (Fsp3) is 0. The molecular weight excluding hydrogens is 340 g/mol. The van der Waals surface area contributed by atoms with Gasteiger partial charge in [-0.05, 0) is 36.4 Å². The van der Waals surface area contributed by atoms with E-state index in [2.05, 4.69) is 0 Å². The molecule has 2 N–H and O–H groups in total. The zero-order chi connectivity index (χ0) is 18.0. The topological polar surface area (TPSA) is 74.6 Å². The lowest BCUT2D eigenvalue weighted by atomic mass is 9.96. The molecule has 0 saturated heterocycles. The molecule has 3 rings (SSSR count). The Hall–Kier alpha value is -3.11. The molecule has 0 aliphatic rings. The average Bonchev–Trinajstić information content (AvgIpc) is 2.63. The van der Waals surface area contributed by atoms with Crippen LogP contribution in [0.5, 0.6) is 11.5 Å². The maximum Gasteiger partial charge on any atom is 0.196 e. The van der Waals surface area contributed by atoms with Crippen LogP contribution in [0.3, 0.4) is 0 Å². The van der Waals surface area contributed by atoms with Gasteiger partial charge in [0.05, 0.1) is 11.1 Å². The molecule has 0 aliphatic heterocycles. The van der Waals surface area contributed by atoms with E-state index in [1.54, 1.807) is 30.3 Å². The van der Waals surface area contributed by atoms with Crippen LogP contribution in [0.1, 0.15) is 31.8 Å². The maximum absolute atomic E-state index is 12.6. The highest BCUT2D eigenvalue weighted by atomic mass is 35.5. The minimum absolute atomic E-state index is 0.0126. The van der Waals surface area contributed by atoms with Crippen molar-refractivity contribution in [2.24, 2.45) is 0 Å². The summed E-state index contributed by atoms with van der Waals surface area (Å²) in [5.41, 5.74) is 0.595. The number of rotatable bonds is 4. The molecule has 124 valence electrons. The van der Waals surface area contributed by atoms with Crippen LogP contribution >= 0.6 is 11.6 Å². The molecule has 0 saturated carbocycles. The van der Waals surface area contributed by atoms with Gasteiger partial charge in [-0.25, -0.2) is 0 Å². The zero-order valence-electron chi connectivity index (χ0n) is 12.9. The molecule has 0 heterocycles. The van der Waals surface area contributed by atoms with Gasteiger partial charge in [-0.15, -0.1) is 0 Å². The molecule has 0 aliphatic carbocycles. The van der Waals surface area contributed by atoms with Crippen LogP contribution in [0.15, 0.2) is 66.7 Å². The molecule has 4 nitrogen and oxygen atoms in total. The normalized spacial score (nSPS) is 10.4. The Morgan fingerprint density at radius 3 is 1.92 bits per heavy atom. The summed E-state index contributed by atoms with van der Waals surface area (Å²) in [4.78, 5) is 25.2. The number of halogens is 1. The number of hydrogen-bond acceptors (Lipinski definition) is 4. The minimum Gasteiger partial charge on any atom is -0.507 e. The largest absolute Gasteiger partial charge is 0.507 e. The van der Waals surface area contributed by atoms with Crippen molar-refractivity contribution in [2.45, 2.75) is 0 Å². The number of hydrogen-bond donors (Lipinski definition) is 2. The smallest absolute Gasteiger partial charge is 0.196 e. The highest BCUT2D eigenvalue weighted by molar-refractivity contribution is 6.31. The number of phenols is 2. The van der Waals surface area contributed by atoms with Gasteiger partial charge in [-0.3, -0.25) is 9.59 Å². The van der Waals surface area contributed by atoms with Crippen molar-refractivity contribution in [1.29, 1.82) is 0 Å². The monoisotopic (exact) mass is 352 g/mol. The maximum atomic E-state index is 12.6. The number of carbonyl (C=O) groups excluding carboxylic acids is 2. The Morgan fingerprint density at radius 2 is 1.24 bits per heavy atom. The summed E-state index contributed by atoms with van der Waals surface area (Å²) < 4.78 is 0. The molecule has 0 fully saturated rings. The second kappa shape index (κ2) is 6.79. The SMILES string of the molecule is O=C(c1ccc(O)c(C(=O)c2ccccc2)c1)c1cc(Cl)ccc1O. The number of benzene rings is 3. The van der Waals surface area contributed by atoms with E-state index in [0.717, 1.165) is 0 Å². The van der Waals surface area contributed by atoms with Crippen LogP contribution in [0, 0.1) is 0 Å². The van der Waals surface area contributed by atoms with Crippen LogP contribution in [0.2, 0.25) is 5.02 Å². The molecule has 5 heteroatoms. The predicted molar refractivity (Wildman–Crippen MR) is 94.5 cm³/mol. The van der Waals surface area contributed by atoms with Crippen molar-refractivity contribution < 1.29 is 19.8 Å². The van der Waals surface area contributed by atoms with Crippen LogP contribution < -0.4 is 0 Å². The fourth-order valence-corrected chi connectivity index (χ4v) is 2.62. The predicted octanol–water partition coefficient (Wildman–Crippen LogP) is 4.21.